The molecule has 1 aromatic heterocycles. The van der Waals surface area contributed by atoms with Gasteiger partial charge in [0.25, 0.3) is 0 Å². The van der Waals surface area contributed by atoms with E-state index in [0.717, 1.165) is 48.3 Å². The van der Waals surface area contributed by atoms with Gasteiger partial charge in [-0.3, -0.25) is 4.79 Å². The molecular weight excluding hydrogens is 356 g/mol. The molecular formula is C21H22N4OS. The molecule has 1 atom stereocenters. The highest BCUT2D eigenvalue weighted by Gasteiger charge is 2.25. The number of para-hydroxylation sites is 2. The Morgan fingerprint density at radius 2 is 1.74 bits per heavy atom. The Morgan fingerprint density at radius 1 is 1.04 bits per heavy atom. The number of thioether (sulfide) groups is 1. The van der Waals surface area contributed by atoms with Gasteiger partial charge < -0.3 is 10.2 Å². The van der Waals surface area contributed by atoms with Gasteiger partial charge in [0.15, 0.2) is 5.16 Å². The Labute approximate surface area is 163 Å². The number of carbonyl (C=O) groups excluding carboxylic acids is 1. The molecule has 3 aromatic rings. The number of benzene rings is 2. The van der Waals surface area contributed by atoms with Gasteiger partial charge in [-0.1, -0.05) is 42.1 Å². The van der Waals surface area contributed by atoms with Crippen LogP contribution in [0.4, 0.5) is 11.5 Å². The van der Waals surface area contributed by atoms with Gasteiger partial charge in [0.05, 0.1) is 10.8 Å². The highest BCUT2D eigenvalue weighted by Crippen LogP contribution is 2.29. The third kappa shape index (κ3) is 4.06. The SMILES string of the molecule is C[C@@H](Sc1nc(Nc2ccccc2)c2ccccc2n1)C(=O)N1CCCC1. The lowest BCUT2D eigenvalue weighted by molar-refractivity contribution is -0.129. The molecule has 1 fully saturated rings. The number of nitrogens with one attached hydrogen (secondary N) is 1. The Balaban J connectivity index is 1.62. The molecule has 1 aliphatic rings. The summed E-state index contributed by atoms with van der Waals surface area (Å²) in [6, 6.07) is 17.9. The fourth-order valence-corrected chi connectivity index (χ4v) is 4.13. The molecule has 0 radical (unpaired) electrons. The number of aromatic nitrogens is 2. The van der Waals surface area contributed by atoms with Crippen molar-refractivity contribution in [2.24, 2.45) is 0 Å². The average molecular weight is 379 g/mol. The van der Waals surface area contributed by atoms with Crippen LogP contribution < -0.4 is 5.32 Å². The molecule has 4 rings (SSSR count). The van der Waals surface area contributed by atoms with Crippen molar-refractivity contribution >= 4 is 40.1 Å². The van der Waals surface area contributed by atoms with Crippen LogP contribution in [0.15, 0.2) is 59.8 Å². The van der Waals surface area contributed by atoms with Crippen molar-refractivity contribution in [2.45, 2.75) is 30.2 Å². The van der Waals surface area contributed by atoms with Crippen LogP contribution in [0.2, 0.25) is 0 Å². The molecule has 0 bridgehead atoms. The summed E-state index contributed by atoms with van der Waals surface area (Å²) >= 11 is 1.42. The first-order valence-corrected chi connectivity index (χ1v) is 10.1. The summed E-state index contributed by atoms with van der Waals surface area (Å²) in [5, 5.41) is 4.76. The number of carbonyl (C=O) groups is 1. The number of anilines is 2. The van der Waals surface area contributed by atoms with Crippen LogP contribution in [-0.4, -0.2) is 39.1 Å². The van der Waals surface area contributed by atoms with Crippen LogP contribution in [0.3, 0.4) is 0 Å². The van der Waals surface area contributed by atoms with E-state index in [1.54, 1.807) is 0 Å². The van der Waals surface area contributed by atoms with Gasteiger partial charge in [-0.2, -0.15) is 0 Å². The molecule has 1 amide bonds. The standard InChI is InChI=1S/C21H22N4OS/c1-15(20(26)25-13-7-8-14-25)27-21-23-18-12-6-5-11-17(18)19(24-21)22-16-9-3-2-4-10-16/h2-6,9-12,15H,7-8,13-14H2,1H3,(H,22,23,24)/t15-/m1/s1. The van der Waals surface area contributed by atoms with Crippen molar-refractivity contribution in [3.8, 4) is 0 Å². The van der Waals surface area contributed by atoms with E-state index in [9.17, 15) is 4.79 Å². The first-order valence-electron chi connectivity index (χ1n) is 9.25. The van der Waals surface area contributed by atoms with E-state index in [-0.39, 0.29) is 11.2 Å². The van der Waals surface area contributed by atoms with Crippen molar-refractivity contribution in [3.05, 3.63) is 54.6 Å². The van der Waals surface area contributed by atoms with E-state index in [2.05, 4.69) is 10.3 Å². The molecule has 0 saturated carbocycles. The molecule has 0 aliphatic carbocycles. The number of rotatable bonds is 5. The lowest BCUT2D eigenvalue weighted by Crippen LogP contribution is -2.34. The summed E-state index contributed by atoms with van der Waals surface area (Å²) < 4.78 is 0. The van der Waals surface area contributed by atoms with Crippen molar-refractivity contribution in [1.82, 2.24) is 14.9 Å². The third-order valence-corrected chi connectivity index (χ3v) is 5.62. The van der Waals surface area contributed by atoms with Crippen molar-refractivity contribution in [2.75, 3.05) is 18.4 Å². The molecule has 1 aliphatic heterocycles. The van der Waals surface area contributed by atoms with Crippen molar-refractivity contribution < 1.29 is 4.79 Å². The first kappa shape index (κ1) is 17.8. The van der Waals surface area contributed by atoms with E-state index in [0.29, 0.717) is 5.16 Å². The molecule has 138 valence electrons. The van der Waals surface area contributed by atoms with Gasteiger partial charge >= 0.3 is 0 Å². The lowest BCUT2D eigenvalue weighted by Gasteiger charge is -2.19. The van der Waals surface area contributed by atoms with Crippen LogP contribution in [0.5, 0.6) is 0 Å². The number of hydrogen-bond donors (Lipinski definition) is 1. The zero-order valence-corrected chi connectivity index (χ0v) is 16.1. The topological polar surface area (TPSA) is 58.1 Å². The molecule has 0 spiro atoms. The fourth-order valence-electron chi connectivity index (χ4n) is 3.26. The molecule has 5 nitrogen and oxygen atoms in total. The minimum absolute atomic E-state index is 0.173. The molecule has 27 heavy (non-hydrogen) atoms. The highest BCUT2D eigenvalue weighted by molar-refractivity contribution is 8.00. The summed E-state index contributed by atoms with van der Waals surface area (Å²) in [5.74, 6) is 0.932. The monoisotopic (exact) mass is 378 g/mol. The molecule has 1 saturated heterocycles. The molecule has 6 heteroatoms. The second-order valence-corrected chi connectivity index (χ2v) is 7.96. The normalized spacial score (nSPS) is 15.1. The fraction of sp³-hybridized carbons (Fsp3) is 0.286. The van der Waals surface area contributed by atoms with Crippen molar-refractivity contribution in [1.29, 1.82) is 0 Å². The zero-order chi connectivity index (χ0) is 18.6. The Bertz CT molecular complexity index is 941. The minimum Gasteiger partial charge on any atom is -0.342 e. The Hall–Kier alpha value is -2.60. The predicted octanol–water partition coefficient (Wildman–Crippen LogP) is 4.48. The lowest BCUT2D eigenvalue weighted by atomic mass is 10.2. The van der Waals surface area contributed by atoms with Gasteiger partial charge in [0, 0.05) is 24.2 Å². The van der Waals surface area contributed by atoms with Crippen molar-refractivity contribution in [3.63, 3.8) is 0 Å². The Morgan fingerprint density at radius 3 is 2.52 bits per heavy atom. The van der Waals surface area contributed by atoms with E-state index >= 15 is 0 Å². The number of amides is 1. The van der Waals surface area contributed by atoms with Crippen LogP contribution in [0.25, 0.3) is 10.9 Å². The summed E-state index contributed by atoms with van der Waals surface area (Å²) in [5.41, 5.74) is 1.84. The summed E-state index contributed by atoms with van der Waals surface area (Å²) in [6.45, 7) is 3.67. The van der Waals surface area contributed by atoms with Gasteiger partial charge in [0.1, 0.15) is 5.82 Å². The van der Waals surface area contributed by atoms with Gasteiger partial charge in [-0.15, -0.1) is 0 Å². The average Bonchev–Trinajstić information content (AvgIpc) is 3.23. The van der Waals surface area contributed by atoms with Gasteiger partial charge in [0.2, 0.25) is 5.91 Å². The van der Waals surface area contributed by atoms with E-state index in [1.807, 2.05) is 66.4 Å². The van der Waals surface area contributed by atoms with Gasteiger partial charge in [-0.05, 0) is 44.0 Å². The maximum Gasteiger partial charge on any atom is 0.235 e. The Kier molecular flexibility index (Phi) is 5.25. The zero-order valence-electron chi connectivity index (χ0n) is 15.3. The first-order chi connectivity index (χ1) is 13.2. The van der Waals surface area contributed by atoms with Gasteiger partial charge in [-0.25, -0.2) is 9.97 Å². The molecule has 2 aromatic carbocycles. The van der Waals surface area contributed by atoms with Crippen LogP contribution in [-0.2, 0) is 4.79 Å². The van der Waals surface area contributed by atoms with E-state index in [4.69, 9.17) is 4.98 Å². The largest absolute Gasteiger partial charge is 0.342 e. The quantitative estimate of drug-likeness (QED) is 0.524. The maximum atomic E-state index is 12.6. The van der Waals surface area contributed by atoms with Crippen LogP contribution in [0.1, 0.15) is 19.8 Å². The number of nitrogens with zero attached hydrogens (tertiary/aromatic N) is 3. The molecule has 2 heterocycles. The highest BCUT2D eigenvalue weighted by atomic mass is 32.2. The number of fused-ring (bicyclic) bond motifs is 1. The van der Waals surface area contributed by atoms with Crippen LogP contribution >= 0.6 is 11.8 Å². The predicted molar refractivity (Wildman–Crippen MR) is 110 cm³/mol. The molecule has 1 N–H and O–H groups in total. The van der Waals surface area contributed by atoms with E-state index < -0.39 is 0 Å². The second kappa shape index (κ2) is 7.96. The summed E-state index contributed by atoms with van der Waals surface area (Å²) in [7, 11) is 0. The second-order valence-electron chi connectivity index (χ2n) is 6.66. The smallest absolute Gasteiger partial charge is 0.235 e. The number of hydrogen-bond acceptors (Lipinski definition) is 5. The molecule has 0 unspecified atom stereocenters. The van der Waals surface area contributed by atoms with Crippen LogP contribution in [0, 0.1) is 0 Å². The summed E-state index contributed by atoms with van der Waals surface area (Å²) in [6.07, 6.45) is 2.20. The number of likely N-dealkylation sites (tertiary alicyclic amines) is 1. The minimum atomic E-state index is -0.200. The van der Waals surface area contributed by atoms with E-state index in [1.165, 1.54) is 11.8 Å². The maximum absolute atomic E-state index is 12.6. The third-order valence-electron chi connectivity index (χ3n) is 4.67. The summed E-state index contributed by atoms with van der Waals surface area (Å²) in [4.78, 5) is 24.0.